The molecule has 0 radical (unpaired) electrons. The summed E-state index contributed by atoms with van der Waals surface area (Å²) < 4.78 is 17.0. The van der Waals surface area contributed by atoms with Crippen LogP contribution in [-0.4, -0.2) is 37.2 Å². The van der Waals surface area contributed by atoms with Crippen molar-refractivity contribution >= 4 is 17.9 Å². The molecular weight excluding hydrogens is 949 g/mol. The van der Waals surface area contributed by atoms with Crippen LogP contribution in [0.25, 0.3) is 0 Å². The predicted molar refractivity (Wildman–Crippen MR) is 335 cm³/mol. The molecule has 6 nitrogen and oxygen atoms in total. The van der Waals surface area contributed by atoms with Gasteiger partial charge in [0.2, 0.25) is 0 Å². The van der Waals surface area contributed by atoms with Crippen LogP contribution in [0.1, 0.15) is 419 Å². The number of unbranched alkanes of at least 4 members (excludes halogenated alkanes) is 56. The van der Waals surface area contributed by atoms with Crippen molar-refractivity contribution in [3.05, 3.63) is 0 Å². The van der Waals surface area contributed by atoms with Gasteiger partial charge in [0.15, 0.2) is 6.10 Å². The Morgan fingerprint density at radius 1 is 0.208 bits per heavy atom. The third kappa shape index (κ3) is 65.1. The number of rotatable bonds is 67. The van der Waals surface area contributed by atoms with E-state index >= 15 is 0 Å². The molecule has 458 valence electrons. The summed E-state index contributed by atoms with van der Waals surface area (Å²) in [4.78, 5) is 38.5. The lowest BCUT2D eigenvalue weighted by Crippen LogP contribution is -2.30. The average Bonchev–Trinajstić information content (AvgIpc) is 3.43. The standard InChI is InChI=1S/C71H138O6/c1-4-7-10-13-16-19-22-25-28-31-34-35-38-41-44-47-50-53-56-59-62-65-71(74)77-68(66-75-69(72)63-60-57-54-51-48-45-42-39-36-32-29-26-23-20-17-14-11-8-5-2)67-76-70(73)64-61-58-55-52-49-46-43-40-37-33-30-27-24-21-18-15-12-9-6-3/h68H,4-67H2,1-3H3. The molecule has 0 rings (SSSR count). The van der Waals surface area contributed by atoms with Crippen molar-refractivity contribution in [3.63, 3.8) is 0 Å². The Morgan fingerprint density at radius 2 is 0.351 bits per heavy atom. The molecule has 0 heterocycles. The van der Waals surface area contributed by atoms with Gasteiger partial charge < -0.3 is 14.2 Å². The molecule has 0 bridgehead atoms. The molecule has 0 atom stereocenters. The topological polar surface area (TPSA) is 78.9 Å². The van der Waals surface area contributed by atoms with Gasteiger partial charge in [-0.3, -0.25) is 14.4 Å². The van der Waals surface area contributed by atoms with Crippen molar-refractivity contribution in [2.24, 2.45) is 0 Å². The maximum absolute atomic E-state index is 13.0. The molecule has 0 N–H and O–H groups in total. The third-order valence-corrected chi connectivity index (χ3v) is 16.6. The molecule has 0 aliphatic carbocycles. The van der Waals surface area contributed by atoms with E-state index in [-0.39, 0.29) is 31.1 Å². The van der Waals surface area contributed by atoms with Gasteiger partial charge >= 0.3 is 17.9 Å². The maximum Gasteiger partial charge on any atom is 0.306 e. The van der Waals surface area contributed by atoms with E-state index < -0.39 is 6.10 Å². The van der Waals surface area contributed by atoms with Crippen molar-refractivity contribution in [2.45, 2.75) is 425 Å². The molecule has 0 saturated heterocycles. The number of esters is 3. The van der Waals surface area contributed by atoms with Gasteiger partial charge in [-0.15, -0.1) is 0 Å². The number of hydrogen-bond donors (Lipinski definition) is 0. The minimum absolute atomic E-state index is 0.0600. The second kappa shape index (κ2) is 66.9. The first kappa shape index (κ1) is 75.4. The highest BCUT2D eigenvalue weighted by Crippen LogP contribution is 2.19. The fourth-order valence-corrected chi connectivity index (χ4v) is 11.3. The molecule has 0 spiro atoms. The molecule has 0 aliphatic heterocycles. The number of ether oxygens (including phenoxy) is 3. The van der Waals surface area contributed by atoms with Crippen molar-refractivity contribution < 1.29 is 28.6 Å². The van der Waals surface area contributed by atoms with Gasteiger partial charge in [-0.1, -0.05) is 380 Å². The van der Waals surface area contributed by atoms with Crippen molar-refractivity contribution in [1.82, 2.24) is 0 Å². The average molecular weight is 1090 g/mol. The molecule has 6 heteroatoms. The molecule has 77 heavy (non-hydrogen) atoms. The van der Waals surface area contributed by atoms with E-state index in [2.05, 4.69) is 20.8 Å². The Kier molecular flexibility index (Phi) is 65.5. The molecule has 0 amide bonds. The summed E-state index contributed by atoms with van der Waals surface area (Å²) in [5.74, 6) is -0.817. The van der Waals surface area contributed by atoms with E-state index in [0.717, 1.165) is 57.8 Å². The number of carbonyl (C=O) groups is 3. The second-order valence-corrected chi connectivity index (χ2v) is 24.5. The lowest BCUT2D eigenvalue weighted by molar-refractivity contribution is -0.167. The third-order valence-electron chi connectivity index (χ3n) is 16.6. The molecular formula is C71H138O6. The normalized spacial score (nSPS) is 11.5. The zero-order valence-electron chi connectivity index (χ0n) is 52.8. The number of hydrogen-bond acceptors (Lipinski definition) is 6. The molecule has 0 fully saturated rings. The first-order valence-corrected chi connectivity index (χ1v) is 35.5. The summed E-state index contributed by atoms with van der Waals surface area (Å²) in [5, 5.41) is 0. The summed E-state index contributed by atoms with van der Waals surface area (Å²) in [6.45, 7) is 6.75. The molecule has 0 unspecified atom stereocenters. The highest BCUT2D eigenvalue weighted by atomic mass is 16.6. The second-order valence-electron chi connectivity index (χ2n) is 24.5. The van der Waals surface area contributed by atoms with E-state index in [0.29, 0.717) is 19.3 Å². The van der Waals surface area contributed by atoms with Crippen LogP contribution in [0.2, 0.25) is 0 Å². The smallest absolute Gasteiger partial charge is 0.306 e. The summed E-state index contributed by atoms with van der Waals surface area (Å²) in [6.07, 6.45) is 78.4. The quantitative estimate of drug-likeness (QED) is 0.0343. The van der Waals surface area contributed by atoms with Gasteiger partial charge in [-0.25, -0.2) is 0 Å². The van der Waals surface area contributed by atoms with E-state index in [1.807, 2.05) is 0 Å². The molecule has 0 aromatic carbocycles. The van der Waals surface area contributed by atoms with Gasteiger partial charge in [0.1, 0.15) is 13.2 Å². The summed E-state index contributed by atoms with van der Waals surface area (Å²) in [6, 6.07) is 0. The van der Waals surface area contributed by atoms with Crippen LogP contribution < -0.4 is 0 Å². The fraction of sp³-hybridized carbons (Fsp3) is 0.958. The van der Waals surface area contributed by atoms with Crippen LogP contribution in [0.15, 0.2) is 0 Å². The summed E-state index contributed by atoms with van der Waals surface area (Å²) >= 11 is 0. The van der Waals surface area contributed by atoms with Crippen LogP contribution in [0.3, 0.4) is 0 Å². The first-order valence-electron chi connectivity index (χ1n) is 35.5. The molecule has 0 aliphatic rings. The Hall–Kier alpha value is -1.59. The van der Waals surface area contributed by atoms with Crippen molar-refractivity contribution in [3.8, 4) is 0 Å². The highest BCUT2D eigenvalue weighted by molar-refractivity contribution is 5.71. The Balaban J connectivity index is 4.27. The van der Waals surface area contributed by atoms with Crippen molar-refractivity contribution in [1.29, 1.82) is 0 Å². The van der Waals surface area contributed by atoms with Crippen LogP contribution in [0, 0.1) is 0 Å². The SMILES string of the molecule is CCCCCCCCCCCCCCCCCCCCCCCC(=O)OC(COC(=O)CCCCCCCCCCCCCCCCCCCCC)COC(=O)CCCCCCCCCCCCCCCCCCCCC. The van der Waals surface area contributed by atoms with Gasteiger partial charge in [0.25, 0.3) is 0 Å². The maximum atomic E-state index is 13.0. The fourth-order valence-electron chi connectivity index (χ4n) is 11.3. The minimum Gasteiger partial charge on any atom is -0.462 e. The van der Waals surface area contributed by atoms with Crippen molar-refractivity contribution in [2.75, 3.05) is 13.2 Å². The lowest BCUT2D eigenvalue weighted by Gasteiger charge is -2.18. The summed E-state index contributed by atoms with van der Waals surface area (Å²) in [5.41, 5.74) is 0. The number of carbonyl (C=O) groups excluding carboxylic acids is 3. The first-order chi connectivity index (χ1) is 38.0. The zero-order chi connectivity index (χ0) is 55.7. The zero-order valence-corrected chi connectivity index (χ0v) is 52.8. The van der Waals surface area contributed by atoms with E-state index in [4.69, 9.17) is 14.2 Å². The Morgan fingerprint density at radius 3 is 0.519 bits per heavy atom. The van der Waals surface area contributed by atoms with Gasteiger partial charge in [0.05, 0.1) is 0 Å². The van der Waals surface area contributed by atoms with E-state index in [1.165, 1.54) is 321 Å². The van der Waals surface area contributed by atoms with E-state index in [9.17, 15) is 14.4 Å². The Bertz CT molecular complexity index is 1100. The molecule has 0 aromatic heterocycles. The largest absolute Gasteiger partial charge is 0.462 e. The van der Waals surface area contributed by atoms with Gasteiger partial charge in [-0.05, 0) is 19.3 Å². The van der Waals surface area contributed by atoms with Gasteiger partial charge in [0, 0.05) is 19.3 Å². The Labute approximate surface area is 482 Å². The monoisotopic (exact) mass is 1090 g/mol. The highest BCUT2D eigenvalue weighted by Gasteiger charge is 2.19. The minimum atomic E-state index is -0.763. The summed E-state index contributed by atoms with van der Waals surface area (Å²) in [7, 11) is 0. The van der Waals surface area contributed by atoms with Crippen LogP contribution in [0.5, 0.6) is 0 Å². The van der Waals surface area contributed by atoms with E-state index in [1.54, 1.807) is 0 Å². The van der Waals surface area contributed by atoms with Crippen LogP contribution in [-0.2, 0) is 28.6 Å². The van der Waals surface area contributed by atoms with Gasteiger partial charge in [-0.2, -0.15) is 0 Å². The van der Waals surface area contributed by atoms with Crippen LogP contribution in [0.4, 0.5) is 0 Å². The van der Waals surface area contributed by atoms with Crippen LogP contribution >= 0.6 is 0 Å². The lowest BCUT2D eigenvalue weighted by atomic mass is 10.0. The molecule has 0 saturated carbocycles. The molecule has 0 aromatic rings. The predicted octanol–water partition coefficient (Wildman–Crippen LogP) is 24.2.